The average Bonchev–Trinajstić information content (AvgIpc) is 2.75. The molecule has 0 aliphatic rings. The molecule has 3 aromatic rings. The van der Waals surface area contributed by atoms with Gasteiger partial charge in [-0.3, -0.25) is 9.52 Å². The number of nitrogens with one attached hydrogen (secondary N) is 1. The summed E-state index contributed by atoms with van der Waals surface area (Å²) in [5.41, 5.74) is 1.25. The molecule has 0 saturated carbocycles. The minimum atomic E-state index is -3.86. The maximum Gasteiger partial charge on any atom is 0.338 e. The lowest BCUT2D eigenvalue weighted by Crippen LogP contribution is -2.15. The molecule has 0 bridgehead atoms. The standard InChI is InChI=1S/C22H17F2NO5S/c1-14-2-7-17(8-3-14)25-31(28,29)18-9-4-15(5-10-18)22(27)30-13-21(26)16-6-11-19(23)20(24)12-16/h2-12,25H,13H2,1H3. The highest BCUT2D eigenvalue weighted by molar-refractivity contribution is 7.92. The van der Waals surface area contributed by atoms with Crippen LogP contribution in [0.2, 0.25) is 0 Å². The van der Waals surface area contributed by atoms with Crippen LogP contribution in [0.5, 0.6) is 0 Å². The summed E-state index contributed by atoms with van der Waals surface area (Å²) in [4.78, 5) is 24.0. The van der Waals surface area contributed by atoms with Gasteiger partial charge in [0.15, 0.2) is 24.0 Å². The molecule has 0 aliphatic carbocycles. The van der Waals surface area contributed by atoms with Crippen LogP contribution in [0.1, 0.15) is 26.3 Å². The van der Waals surface area contributed by atoms with Gasteiger partial charge in [-0.05, 0) is 61.5 Å². The largest absolute Gasteiger partial charge is 0.454 e. The highest BCUT2D eigenvalue weighted by Crippen LogP contribution is 2.18. The SMILES string of the molecule is Cc1ccc(NS(=O)(=O)c2ccc(C(=O)OCC(=O)c3ccc(F)c(F)c3)cc2)cc1. The van der Waals surface area contributed by atoms with Gasteiger partial charge in [-0.15, -0.1) is 0 Å². The van der Waals surface area contributed by atoms with Crippen molar-refractivity contribution in [1.82, 2.24) is 0 Å². The van der Waals surface area contributed by atoms with Crippen molar-refractivity contribution in [3.05, 3.63) is 95.1 Å². The Bertz CT molecular complexity index is 1220. The van der Waals surface area contributed by atoms with Gasteiger partial charge in [0.05, 0.1) is 10.5 Å². The van der Waals surface area contributed by atoms with Gasteiger partial charge >= 0.3 is 5.97 Å². The first kappa shape index (κ1) is 22.1. The Morgan fingerprint density at radius 2 is 1.48 bits per heavy atom. The summed E-state index contributed by atoms with van der Waals surface area (Å²) in [6.07, 6.45) is 0. The van der Waals surface area contributed by atoms with E-state index in [1.54, 1.807) is 24.3 Å². The normalized spacial score (nSPS) is 11.1. The fourth-order valence-electron chi connectivity index (χ4n) is 2.57. The summed E-state index contributed by atoms with van der Waals surface area (Å²) in [5.74, 6) is -3.87. The Morgan fingerprint density at radius 3 is 2.10 bits per heavy atom. The minimum absolute atomic E-state index is 0.0207. The van der Waals surface area contributed by atoms with E-state index in [1.165, 1.54) is 24.3 Å². The van der Waals surface area contributed by atoms with E-state index >= 15 is 0 Å². The van der Waals surface area contributed by atoms with Crippen LogP contribution in [0.15, 0.2) is 71.6 Å². The summed E-state index contributed by atoms with van der Waals surface area (Å²) in [6.45, 7) is 1.19. The number of Topliss-reactive ketones (excluding diaryl/α,β-unsaturated/α-hetero) is 1. The monoisotopic (exact) mass is 445 g/mol. The van der Waals surface area contributed by atoms with E-state index in [-0.39, 0.29) is 16.0 Å². The van der Waals surface area contributed by atoms with Crippen molar-refractivity contribution in [2.24, 2.45) is 0 Å². The molecule has 0 aromatic heterocycles. The van der Waals surface area contributed by atoms with E-state index in [9.17, 15) is 26.8 Å². The van der Waals surface area contributed by atoms with Crippen LogP contribution >= 0.6 is 0 Å². The van der Waals surface area contributed by atoms with Crippen molar-refractivity contribution < 1.29 is 31.5 Å². The van der Waals surface area contributed by atoms with Gasteiger partial charge < -0.3 is 4.74 Å². The van der Waals surface area contributed by atoms with Crippen LogP contribution in [0.3, 0.4) is 0 Å². The van der Waals surface area contributed by atoms with Gasteiger partial charge in [0.1, 0.15) is 0 Å². The fourth-order valence-corrected chi connectivity index (χ4v) is 3.63. The first-order valence-corrected chi connectivity index (χ1v) is 10.5. The lowest BCUT2D eigenvalue weighted by Gasteiger charge is -2.09. The number of sulfonamides is 1. The van der Waals surface area contributed by atoms with Crippen LogP contribution in [0.25, 0.3) is 0 Å². The summed E-state index contributed by atoms with van der Waals surface area (Å²) in [7, 11) is -3.86. The van der Waals surface area contributed by atoms with Crippen LogP contribution in [0.4, 0.5) is 14.5 Å². The molecular formula is C22H17F2NO5S. The molecule has 0 radical (unpaired) electrons. The smallest absolute Gasteiger partial charge is 0.338 e. The summed E-state index contributed by atoms with van der Waals surface area (Å²) >= 11 is 0. The zero-order valence-corrected chi connectivity index (χ0v) is 17.1. The number of aryl methyl sites for hydroxylation is 1. The second kappa shape index (κ2) is 9.05. The molecule has 0 spiro atoms. The highest BCUT2D eigenvalue weighted by Gasteiger charge is 2.17. The Kier molecular flexibility index (Phi) is 6.45. The number of ketones is 1. The van der Waals surface area contributed by atoms with Gasteiger partial charge in [0, 0.05) is 11.3 Å². The number of carbonyl (C=O) groups excluding carboxylic acids is 2. The van der Waals surface area contributed by atoms with Crippen molar-refractivity contribution in [1.29, 1.82) is 0 Å². The molecule has 31 heavy (non-hydrogen) atoms. The van der Waals surface area contributed by atoms with Crippen molar-refractivity contribution in [2.45, 2.75) is 11.8 Å². The third kappa shape index (κ3) is 5.52. The fraction of sp³-hybridized carbons (Fsp3) is 0.0909. The maximum absolute atomic E-state index is 13.2. The number of ether oxygens (including phenoxy) is 1. The Hall–Kier alpha value is -3.59. The second-order valence-corrected chi connectivity index (χ2v) is 8.31. The van der Waals surface area contributed by atoms with Crippen LogP contribution < -0.4 is 4.72 Å². The maximum atomic E-state index is 13.2. The molecule has 0 aliphatic heterocycles. The second-order valence-electron chi connectivity index (χ2n) is 6.62. The molecule has 1 N–H and O–H groups in total. The molecule has 0 heterocycles. The van der Waals surface area contributed by atoms with E-state index in [2.05, 4.69) is 4.72 Å². The highest BCUT2D eigenvalue weighted by atomic mass is 32.2. The lowest BCUT2D eigenvalue weighted by molar-refractivity contribution is 0.0474. The molecular weight excluding hydrogens is 428 g/mol. The summed E-state index contributed by atoms with van der Waals surface area (Å²) in [6, 6.07) is 14.3. The van der Waals surface area contributed by atoms with E-state index in [4.69, 9.17) is 4.74 Å². The van der Waals surface area contributed by atoms with Crippen molar-refractivity contribution in [3.8, 4) is 0 Å². The van der Waals surface area contributed by atoms with Gasteiger partial charge in [-0.2, -0.15) is 0 Å². The van der Waals surface area contributed by atoms with Crippen LogP contribution in [-0.4, -0.2) is 26.8 Å². The number of rotatable bonds is 7. The molecule has 160 valence electrons. The van der Waals surface area contributed by atoms with E-state index < -0.39 is 40.0 Å². The van der Waals surface area contributed by atoms with Gasteiger partial charge in [0.2, 0.25) is 0 Å². The van der Waals surface area contributed by atoms with Crippen molar-refractivity contribution >= 4 is 27.5 Å². The Morgan fingerprint density at radius 1 is 0.871 bits per heavy atom. The first-order chi connectivity index (χ1) is 14.7. The number of anilines is 1. The van der Waals surface area contributed by atoms with Crippen molar-refractivity contribution in [2.75, 3.05) is 11.3 Å². The molecule has 0 amide bonds. The van der Waals surface area contributed by atoms with Crippen LogP contribution in [0, 0.1) is 18.6 Å². The van der Waals surface area contributed by atoms with Gasteiger partial charge in [-0.25, -0.2) is 22.0 Å². The molecule has 9 heteroatoms. The number of halogens is 2. The summed E-state index contributed by atoms with van der Waals surface area (Å²) < 4.78 is 58.4. The van der Waals surface area contributed by atoms with Crippen molar-refractivity contribution in [3.63, 3.8) is 0 Å². The number of hydrogen-bond donors (Lipinski definition) is 1. The molecule has 3 aromatic carbocycles. The first-order valence-electron chi connectivity index (χ1n) is 9.00. The predicted octanol–water partition coefficient (Wildman–Crippen LogP) is 4.11. The van der Waals surface area contributed by atoms with E-state index in [0.717, 1.165) is 17.7 Å². The van der Waals surface area contributed by atoms with Gasteiger partial charge in [-0.1, -0.05) is 17.7 Å². The van der Waals surface area contributed by atoms with Gasteiger partial charge in [0.25, 0.3) is 10.0 Å². The topological polar surface area (TPSA) is 89.5 Å². The van der Waals surface area contributed by atoms with Crippen LogP contribution in [-0.2, 0) is 14.8 Å². The number of carbonyl (C=O) groups is 2. The lowest BCUT2D eigenvalue weighted by atomic mass is 10.1. The average molecular weight is 445 g/mol. The molecule has 0 unspecified atom stereocenters. The number of benzene rings is 3. The predicted molar refractivity (Wildman–Crippen MR) is 109 cm³/mol. The Balaban J connectivity index is 1.63. The van der Waals surface area contributed by atoms with E-state index in [0.29, 0.717) is 11.8 Å². The number of esters is 1. The number of hydrogen-bond acceptors (Lipinski definition) is 5. The Labute approximate surface area is 177 Å². The third-order valence-electron chi connectivity index (χ3n) is 4.28. The summed E-state index contributed by atoms with van der Waals surface area (Å²) in [5, 5.41) is 0. The molecule has 0 fully saturated rings. The third-order valence-corrected chi connectivity index (χ3v) is 5.68. The molecule has 6 nitrogen and oxygen atoms in total. The molecule has 0 saturated heterocycles. The minimum Gasteiger partial charge on any atom is -0.454 e. The zero-order valence-electron chi connectivity index (χ0n) is 16.3. The zero-order chi connectivity index (χ0) is 22.6. The quantitative estimate of drug-likeness (QED) is 0.437. The molecule has 0 atom stereocenters. The van der Waals surface area contributed by atoms with E-state index in [1.807, 2.05) is 6.92 Å². The molecule has 3 rings (SSSR count).